The van der Waals surface area contributed by atoms with E-state index in [0.29, 0.717) is 0 Å². The minimum absolute atomic E-state index is 0.215. The first-order chi connectivity index (χ1) is 12.2. The van der Waals surface area contributed by atoms with E-state index in [-0.39, 0.29) is 5.82 Å². The molecule has 0 aliphatic rings. The smallest absolute Gasteiger partial charge is 0.123 e. The van der Waals surface area contributed by atoms with Gasteiger partial charge in [-0.15, -0.1) is 0 Å². The number of aromatic nitrogens is 3. The zero-order valence-corrected chi connectivity index (χ0v) is 14.5. The van der Waals surface area contributed by atoms with Crippen LogP contribution in [-0.2, 0) is 5.75 Å². The Morgan fingerprint density at radius 2 is 1.88 bits per heavy atom. The fourth-order valence-corrected chi connectivity index (χ4v) is 3.67. The summed E-state index contributed by atoms with van der Waals surface area (Å²) in [5.41, 5.74) is 5.30. The van der Waals surface area contributed by atoms with Crippen LogP contribution in [0.5, 0.6) is 0 Å². The SMILES string of the molecule is Cc1ccccc1-c1cc2c(SCc3ccc(F)cc3)nccn2n1. The van der Waals surface area contributed by atoms with Gasteiger partial charge in [-0.25, -0.2) is 13.9 Å². The van der Waals surface area contributed by atoms with Crippen molar-refractivity contribution in [2.75, 3.05) is 0 Å². The zero-order chi connectivity index (χ0) is 17.2. The summed E-state index contributed by atoms with van der Waals surface area (Å²) < 4.78 is 14.9. The molecule has 0 saturated heterocycles. The summed E-state index contributed by atoms with van der Waals surface area (Å²) in [5.74, 6) is 0.519. The molecule has 2 aromatic carbocycles. The summed E-state index contributed by atoms with van der Waals surface area (Å²) in [6.45, 7) is 2.09. The third kappa shape index (κ3) is 3.28. The molecule has 4 rings (SSSR count). The molecule has 0 unspecified atom stereocenters. The van der Waals surface area contributed by atoms with E-state index in [1.165, 1.54) is 17.7 Å². The number of aryl methyl sites for hydroxylation is 1. The van der Waals surface area contributed by atoms with Crippen molar-refractivity contribution in [1.29, 1.82) is 0 Å². The second kappa shape index (κ2) is 6.69. The normalized spacial score (nSPS) is 11.1. The number of rotatable bonds is 4. The van der Waals surface area contributed by atoms with Gasteiger partial charge in [0.2, 0.25) is 0 Å². The van der Waals surface area contributed by atoms with Gasteiger partial charge in [-0.05, 0) is 36.2 Å². The van der Waals surface area contributed by atoms with Gasteiger partial charge in [0.05, 0.1) is 11.2 Å². The van der Waals surface area contributed by atoms with Crippen molar-refractivity contribution in [2.24, 2.45) is 0 Å². The van der Waals surface area contributed by atoms with Gasteiger partial charge < -0.3 is 0 Å². The van der Waals surface area contributed by atoms with Crippen molar-refractivity contribution in [3.63, 3.8) is 0 Å². The van der Waals surface area contributed by atoms with Gasteiger partial charge in [0.15, 0.2) is 0 Å². The molecule has 0 aliphatic heterocycles. The predicted octanol–water partition coefficient (Wildman–Crippen LogP) is 5.14. The van der Waals surface area contributed by atoms with E-state index in [2.05, 4.69) is 35.2 Å². The van der Waals surface area contributed by atoms with E-state index in [9.17, 15) is 4.39 Å². The number of nitrogens with zero attached hydrogens (tertiary/aromatic N) is 3. The van der Waals surface area contributed by atoms with Crippen LogP contribution in [0.3, 0.4) is 0 Å². The third-order valence-electron chi connectivity index (χ3n) is 4.06. The van der Waals surface area contributed by atoms with E-state index in [4.69, 9.17) is 0 Å². The summed E-state index contributed by atoms with van der Waals surface area (Å²) in [6.07, 6.45) is 3.62. The quantitative estimate of drug-likeness (QED) is 0.478. The maximum absolute atomic E-state index is 13.0. The lowest BCUT2D eigenvalue weighted by atomic mass is 10.1. The molecule has 124 valence electrons. The van der Waals surface area contributed by atoms with Crippen LogP contribution in [0.15, 0.2) is 72.0 Å². The Labute approximate surface area is 149 Å². The Morgan fingerprint density at radius 1 is 1.08 bits per heavy atom. The topological polar surface area (TPSA) is 30.2 Å². The highest BCUT2D eigenvalue weighted by Gasteiger charge is 2.11. The number of halogens is 1. The highest BCUT2D eigenvalue weighted by atomic mass is 32.2. The Hall–Kier alpha value is -2.66. The number of hydrogen-bond acceptors (Lipinski definition) is 3. The van der Waals surface area contributed by atoms with Crippen molar-refractivity contribution < 1.29 is 4.39 Å². The van der Waals surface area contributed by atoms with E-state index in [1.807, 2.05) is 22.8 Å². The Balaban J connectivity index is 1.66. The lowest BCUT2D eigenvalue weighted by Crippen LogP contribution is -1.91. The van der Waals surface area contributed by atoms with Crippen molar-refractivity contribution in [3.05, 3.63) is 83.9 Å². The van der Waals surface area contributed by atoms with E-state index in [1.54, 1.807) is 30.1 Å². The van der Waals surface area contributed by atoms with Crippen LogP contribution >= 0.6 is 11.8 Å². The Morgan fingerprint density at radius 3 is 2.68 bits per heavy atom. The summed E-state index contributed by atoms with van der Waals surface area (Å²) in [6, 6.07) is 16.9. The first-order valence-corrected chi connectivity index (χ1v) is 8.97. The fourth-order valence-electron chi connectivity index (χ4n) is 2.73. The summed E-state index contributed by atoms with van der Waals surface area (Å²) in [7, 11) is 0. The molecular weight excluding hydrogens is 333 g/mol. The van der Waals surface area contributed by atoms with Gasteiger partial charge in [-0.2, -0.15) is 5.10 Å². The molecule has 2 heterocycles. The average molecular weight is 349 g/mol. The molecule has 3 nitrogen and oxygen atoms in total. The lowest BCUT2D eigenvalue weighted by Gasteiger charge is -2.03. The van der Waals surface area contributed by atoms with Crippen LogP contribution in [0, 0.1) is 12.7 Å². The Bertz CT molecular complexity index is 1020. The minimum atomic E-state index is -0.215. The van der Waals surface area contributed by atoms with Gasteiger partial charge >= 0.3 is 0 Å². The standard InChI is InChI=1S/C20H16FN3S/c1-14-4-2-3-5-17(14)18-12-19-20(22-10-11-24(19)23-18)25-13-15-6-8-16(21)9-7-15/h2-12H,13H2,1H3. The van der Waals surface area contributed by atoms with Crippen molar-refractivity contribution >= 4 is 17.3 Å². The molecule has 0 aliphatic carbocycles. The first-order valence-electron chi connectivity index (χ1n) is 7.98. The highest BCUT2D eigenvalue weighted by molar-refractivity contribution is 7.98. The fraction of sp³-hybridized carbons (Fsp3) is 0.100. The molecule has 0 amide bonds. The van der Waals surface area contributed by atoms with E-state index >= 15 is 0 Å². The lowest BCUT2D eigenvalue weighted by molar-refractivity contribution is 0.627. The van der Waals surface area contributed by atoms with E-state index in [0.717, 1.165) is 33.1 Å². The predicted molar refractivity (Wildman–Crippen MR) is 99.1 cm³/mol. The summed E-state index contributed by atoms with van der Waals surface area (Å²) in [4.78, 5) is 4.50. The second-order valence-corrected chi connectivity index (χ2v) is 6.79. The minimum Gasteiger partial charge on any atom is -0.246 e. The second-order valence-electron chi connectivity index (χ2n) is 5.82. The number of benzene rings is 2. The summed E-state index contributed by atoms with van der Waals surface area (Å²) >= 11 is 1.63. The zero-order valence-electron chi connectivity index (χ0n) is 13.7. The van der Waals surface area contributed by atoms with Crippen molar-refractivity contribution in [2.45, 2.75) is 17.7 Å². The molecule has 0 fully saturated rings. The van der Waals surface area contributed by atoms with Crippen LogP contribution in [0.2, 0.25) is 0 Å². The molecule has 5 heteroatoms. The van der Waals surface area contributed by atoms with Crippen molar-refractivity contribution in [1.82, 2.24) is 14.6 Å². The van der Waals surface area contributed by atoms with Gasteiger partial charge in [0.25, 0.3) is 0 Å². The molecule has 25 heavy (non-hydrogen) atoms. The molecule has 2 aromatic heterocycles. The van der Waals surface area contributed by atoms with Crippen molar-refractivity contribution in [3.8, 4) is 11.3 Å². The van der Waals surface area contributed by atoms with Crippen LogP contribution in [-0.4, -0.2) is 14.6 Å². The van der Waals surface area contributed by atoms with Gasteiger partial charge in [-0.1, -0.05) is 48.2 Å². The number of thioether (sulfide) groups is 1. The van der Waals surface area contributed by atoms with Crippen LogP contribution in [0.1, 0.15) is 11.1 Å². The molecule has 0 radical (unpaired) electrons. The summed E-state index contributed by atoms with van der Waals surface area (Å²) in [5, 5.41) is 5.60. The molecule has 0 bridgehead atoms. The van der Waals surface area contributed by atoms with Gasteiger partial charge in [0.1, 0.15) is 10.8 Å². The maximum Gasteiger partial charge on any atom is 0.123 e. The average Bonchev–Trinajstić information content (AvgIpc) is 3.06. The number of fused-ring (bicyclic) bond motifs is 1. The van der Waals surface area contributed by atoms with Crippen LogP contribution in [0.25, 0.3) is 16.8 Å². The Kier molecular flexibility index (Phi) is 4.24. The highest BCUT2D eigenvalue weighted by Crippen LogP contribution is 2.29. The van der Waals surface area contributed by atoms with Gasteiger partial charge in [0, 0.05) is 23.7 Å². The largest absolute Gasteiger partial charge is 0.246 e. The first kappa shape index (κ1) is 15.8. The van der Waals surface area contributed by atoms with Crippen LogP contribution in [0.4, 0.5) is 4.39 Å². The molecular formula is C20H16FN3S. The van der Waals surface area contributed by atoms with Gasteiger partial charge in [-0.3, -0.25) is 0 Å². The molecule has 0 atom stereocenters. The monoisotopic (exact) mass is 349 g/mol. The van der Waals surface area contributed by atoms with E-state index < -0.39 is 0 Å². The van der Waals surface area contributed by atoms with Crippen LogP contribution < -0.4 is 0 Å². The number of hydrogen-bond donors (Lipinski definition) is 0. The molecule has 0 spiro atoms. The molecule has 0 N–H and O–H groups in total. The third-order valence-corrected chi connectivity index (χ3v) is 5.13. The molecule has 4 aromatic rings. The molecule has 0 saturated carbocycles. The maximum atomic E-state index is 13.0.